The number of anilines is 2. The number of nitrogens with zero attached hydrogens (tertiary/aromatic N) is 6. The number of amides is 1. The van der Waals surface area contributed by atoms with E-state index in [4.69, 9.17) is 19.6 Å². The highest BCUT2D eigenvalue weighted by Gasteiger charge is 2.24. The monoisotopic (exact) mass is 535 g/mol. The smallest absolute Gasteiger partial charge is 0.219 e. The van der Waals surface area contributed by atoms with Crippen LogP contribution < -0.4 is 19.7 Å². The normalized spacial score (nSPS) is 13.7. The Kier molecular flexibility index (Phi) is 7.11. The van der Waals surface area contributed by atoms with Gasteiger partial charge >= 0.3 is 0 Å². The molecule has 1 N–H and O–H groups in total. The van der Waals surface area contributed by atoms with Crippen molar-refractivity contribution in [2.75, 3.05) is 50.6 Å². The lowest BCUT2D eigenvalue weighted by Crippen LogP contribution is -2.48. The molecule has 200 valence electrons. The maximum atomic E-state index is 11.9. The first kappa shape index (κ1) is 25.8. The van der Waals surface area contributed by atoms with Gasteiger partial charge in [0, 0.05) is 49.6 Å². The average Bonchev–Trinajstić information content (AvgIpc) is 3.43. The van der Waals surface area contributed by atoms with Gasteiger partial charge in [0.05, 0.1) is 37.2 Å². The van der Waals surface area contributed by atoms with Crippen LogP contribution in [0.2, 0.25) is 0 Å². The summed E-state index contributed by atoms with van der Waals surface area (Å²) in [6.45, 7) is 11.1. The summed E-state index contributed by atoms with van der Waals surface area (Å²) in [7, 11) is 3.26. The van der Waals surface area contributed by atoms with Crippen molar-refractivity contribution in [1.82, 2.24) is 24.5 Å². The van der Waals surface area contributed by atoms with Crippen molar-refractivity contribution in [3.05, 3.63) is 45.5 Å². The fourth-order valence-electron chi connectivity index (χ4n) is 4.89. The Bertz CT molecular complexity index is 1490. The minimum absolute atomic E-state index is 0.104. The van der Waals surface area contributed by atoms with Crippen LogP contribution in [0.5, 0.6) is 11.5 Å². The maximum absolute atomic E-state index is 11.9. The van der Waals surface area contributed by atoms with E-state index in [-0.39, 0.29) is 5.91 Å². The predicted molar refractivity (Wildman–Crippen MR) is 150 cm³/mol. The van der Waals surface area contributed by atoms with Gasteiger partial charge in [0.1, 0.15) is 11.6 Å². The van der Waals surface area contributed by atoms with Gasteiger partial charge in [-0.3, -0.25) is 4.79 Å². The number of fused-ring (bicyclic) bond motifs is 1. The Labute approximate surface area is 226 Å². The number of nitrogens with one attached hydrogen (secondary N) is 1. The van der Waals surface area contributed by atoms with E-state index < -0.39 is 0 Å². The molecular formula is C27H33N7O3S. The third-order valence-electron chi connectivity index (χ3n) is 6.90. The number of piperazine rings is 1. The SMILES string of the molecule is COc1ccc(-c2c(C)nn3c(NCc4sc(C)nc4C)cc(N4CCN(C(C)=O)CC4)nc23)cc1OC. The third-order valence-corrected chi connectivity index (χ3v) is 7.97. The Morgan fingerprint density at radius 3 is 2.37 bits per heavy atom. The van der Waals surface area contributed by atoms with Crippen molar-refractivity contribution < 1.29 is 14.3 Å². The number of aromatic nitrogens is 4. The van der Waals surface area contributed by atoms with Gasteiger partial charge in [-0.05, 0) is 38.5 Å². The van der Waals surface area contributed by atoms with Crippen molar-refractivity contribution in [2.45, 2.75) is 34.2 Å². The molecule has 1 fully saturated rings. The molecule has 3 aromatic heterocycles. The zero-order chi connectivity index (χ0) is 27.0. The molecule has 4 aromatic rings. The van der Waals surface area contributed by atoms with Crippen LogP contribution >= 0.6 is 11.3 Å². The summed E-state index contributed by atoms with van der Waals surface area (Å²) in [6, 6.07) is 7.90. The Morgan fingerprint density at radius 1 is 1.00 bits per heavy atom. The number of ether oxygens (including phenoxy) is 2. The van der Waals surface area contributed by atoms with Crippen LogP contribution in [-0.4, -0.2) is 70.8 Å². The van der Waals surface area contributed by atoms with E-state index in [1.54, 1.807) is 32.5 Å². The molecule has 1 saturated heterocycles. The van der Waals surface area contributed by atoms with Crippen LogP contribution in [0, 0.1) is 20.8 Å². The first-order valence-corrected chi connectivity index (χ1v) is 13.4. The van der Waals surface area contributed by atoms with Crippen LogP contribution in [0.3, 0.4) is 0 Å². The van der Waals surface area contributed by atoms with Gasteiger partial charge in [0.15, 0.2) is 17.1 Å². The fraction of sp³-hybridized carbons (Fsp3) is 0.407. The molecule has 10 nitrogen and oxygen atoms in total. The Balaban J connectivity index is 1.59. The van der Waals surface area contributed by atoms with Crippen molar-refractivity contribution in [1.29, 1.82) is 0 Å². The number of hydrogen-bond donors (Lipinski definition) is 1. The van der Waals surface area contributed by atoms with E-state index in [9.17, 15) is 4.79 Å². The first-order chi connectivity index (χ1) is 18.3. The van der Waals surface area contributed by atoms with E-state index in [2.05, 4.69) is 15.2 Å². The zero-order valence-electron chi connectivity index (χ0n) is 22.7. The minimum atomic E-state index is 0.104. The molecule has 0 saturated carbocycles. The summed E-state index contributed by atoms with van der Waals surface area (Å²) in [6.07, 6.45) is 0. The summed E-state index contributed by atoms with van der Waals surface area (Å²) in [5, 5.41) is 9.53. The number of benzene rings is 1. The van der Waals surface area contributed by atoms with Crippen LogP contribution in [0.25, 0.3) is 16.8 Å². The molecular weight excluding hydrogens is 502 g/mol. The largest absolute Gasteiger partial charge is 0.493 e. The molecule has 1 amide bonds. The van der Waals surface area contributed by atoms with Gasteiger partial charge in [-0.25, -0.2) is 9.97 Å². The molecule has 11 heteroatoms. The number of rotatable bonds is 7. The topological polar surface area (TPSA) is 97.1 Å². The summed E-state index contributed by atoms with van der Waals surface area (Å²) in [5.41, 5.74) is 4.52. The zero-order valence-corrected chi connectivity index (χ0v) is 23.5. The van der Waals surface area contributed by atoms with Crippen LogP contribution in [-0.2, 0) is 11.3 Å². The molecule has 0 bridgehead atoms. The number of aryl methyl sites for hydroxylation is 3. The second-order valence-electron chi connectivity index (χ2n) is 9.35. The van der Waals surface area contributed by atoms with Gasteiger partial charge in [-0.15, -0.1) is 11.3 Å². The lowest BCUT2D eigenvalue weighted by molar-refractivity contribution is -0.129. The number of thiazole rings is 1. The fourth-order valence-corrected chi connectivity index (χ4v) is 5.76. The molecule has 0 unspecified atom stereocenters. The third kappa shape index (κ3) is 4.85. The van der Waals surface area contributed by atoms with E-state index in [0.29, 0.717) is 44.2 Å². The summed E-state index contributed by atoms with van der Waals surface area (Å²) < 4.78 is 12.9. The van der Waals surface area contributed by atoms with E-state index >= 15 is 0 Å². The van der Waals surface area contributed by atoms with Crippen molar-refractivity contribution in [3.8, 4) is 22.6 Å². The highest BCUT2D eigenvalue weighted by molar-refractivity contribution is 7.11. The van der Waals surface area contributed by atoms with Crippen molar-refractivity contribution in [3.63, 3.8) is 0 Å². The maximum Gasteiger partial charge on any atom is 0.219 e. The summed E-state index contributed by atoms with van der Waals surface area (Å²) in [5.74, 6) is 3.11. The van der Waals surface area contributed by atoms with Crippen LogP contribution in [0.4, 0.5) is 11.6 Å². The first-order valence-electron chi connectivity index (χ1n) is 12.6. The summed E-state index contributed by atoms with van der Waals surface area (Å²) >= 11 is 1.69. The van der Waals surface area contributed by atoms with Gasteiger partial charge in [-0.1, -0.05) is 6.07 Å². The molecule has 1 aromatic carbocycles. The number of carbonyl (C=O) groups is 1. The van der Waals surface area contributed by atoms with Gasteiger partial charge < -0.3 is 24.6 Å². The number of carbonyl (C=O) groups excluding carboxylic acids is 1. The standard InChI is InChI=1S/C27H33N7O3S/c1-16-23(38-18(3)29-16)15-28-24-14-25(33-11-9-32(10-12-33)19(4)35)30-27-26(17(2)31-34(24)27)20-7-8-21(36-5)22(13-20)37-6/h7-8,13-14,28H,9-12,15H2,1-6H3. The lowest BCUT2D eigenvalue weighted by atomic mass is 10.1. The molecule has 0 atom stereocenters. The second kappa shape index (κ2) is 10.5. The van der Waals surface area contributed by atoms with Crippen LogP contribution in [0.15, 0.2) is 24.3 Å². The van der Waals surface area contributed by atoms with E-state index in [1.807, 2.05) is 54.5 Å². The van der Waals surface area contributed by atoms with Crippen molar-refractivity contribution in [2.24, 2.45) is 0 Å². The highest BCUT2D eigenvalue weighted by atomic mass is 32.1. The molecule has 1 aliphatic heterocycles. The molecule has 0 spiro atoms. The molecule has 0 radical (unpaired) electrons. The predicted octanol–water partition coefficient (Wildman–Crippen LogP) is 4.08. The van der Waals surface area contributed by atoms with Gasteiger partial charge in [-0.2, -0.15) is 9.61 Å². The molecule has 0 aliphatic carbocycles. The Morgan fingerprint density at radius 2 is 1.74 bits per heavy atom. The van der Waals surface area contributed by atoms with Gasteiger partial charge in [0.2, 0.25) is 5.91 Å². The quantitative estimate of drug-likeness (QED) is 0.378. The molecule has 5 rings (SSSR count). The molecule has 1 aliphatic rings. The second-order valence-corrected chi connectivity index (χ2v) is 10.6. The van der Waals surface area contributed by atoms with Crippen molar-refractivity contribution >= 4 is 34.5 Å². The summed E-state index contributed by atoms with van der Waals surface area (Å²) in [4.78, 5) is 26.8. The number of hydrogen-bond acceptors (Lipinski definition) is 9. The average molecular weight is 536 g/mol. The van der Waals surface area contributed by atoms with E-state index in [0.717, 1.165) is 44.8 Å². The number of methoxy groups -OCH3 is 2. The Hall–Kier alpha value is -3.86. The lowest BCUT2D eigenvalue weighted by Gasteiger charge is -2.35. The van der Waals surface area contributed by atoms with Crippen LogP contribution in [0.1, 0.15) is 28.2 Å². The molecule has 4 heterocycles. The van der Waals surface area contributed by atoms with E-state index in [1.165, 1.54) is 4.88 Å². The van der Waals surface area contributed by atoms with Gasteiger partial charge in [0.25, 0.3) is 0 Å². The highest BCUT2D eigenvalue weighted by Crippen LogP contribution is 2.36. The minimum Gasteiger partial charge on any atom is -0.493 e. The molecule has 38 heavy (non-hydrogen) atoms.